The zero-order valence-electron chi connectivity index (χ0n) is 21.6. The van der Waals surface area contributed by atoms with Crippen molar-refractivity contribution < 1.29 is 14.3 Å². The lowest BCUT2D eigenvalue weighted by atomic mass is 10.0. The third-order valence-corrected chi connectivity index (χ3v) is 7.06. The summed E-state index contributed by atoms with van der Waals surface area (Å²) in [5.41, 5.74) is 3.67. The standard InChI is InChI=1S/C29H39ClN2O3/c1-20(2)16-32(18-23-14-26(30)28-27(15-23)34-11-6-12-35-28)29(33)25-9-10-31(19-25)17-22-7-5-8-24(13-22)21(3)4/h5,7-8,13-15,20-21,25H,6,9-12,16-19H2,1-4H3/t25-/m1/s1. The fourth-order valence-electron chi connectivity index (χ4n) is 5.01. The maximum atomic E-state index is 13.7. The van der Waals surface area contributed by atoms with Crippen molar-refractivity contribution in [3.05, 3.63) is 58.1 Å². The molecular formula is C29H39ClN2O3. The highest BCUT2D eigenvalue weighted by molar-refractivity contribution is 6.32. The predicted molar refractivity (Wildman–Crippen MR) is 141 cm³/mol. The monoisotopic (exact) mass is 498 g/mol. The zero-order chi connectivity index (χ0) is 24.9. The van der Waals surface area contributed by atoms with Crippen molar-refractivity contribution in [2.24, 2.45) is 11.8 Å². The number of halogens is 1. The van der Waals surface area contributed by atoms with Gasteiger partial charge < -0.3 is 14.4 Å². The highest BCUT2D eigenvalue weighted by Crippen LogP contribution is 2.38. The highest BCUT2D eigenvalue weighted by atomic mass is 35.5. The summed E-state index contributed by atoms with van der Waals surface area (Å²) < 4.78 is 11.6. The minimum absolute atomic E-state index is 0.0258. The van der Waals surface area contributed by atoms with E-state index >= 15 is 0 Å². The Hall–Kier alpha value is -2.24. The van der Waals surface area contributed by atoms with Crippen LogP contribution in [-0.4, -0.2) is 48.6 Å². The topological polar surface area (TPSA) is 42.0 Å². The van der Waals surface area contributed by atoms with E-state index in [1.165, 1.54) is 11.1 Å². The van der Waals surface area contributed by atoms with Crippen molar-refractivity contribution in [3.8, 4) is 11.5 Å². The second-order valence-corrected chi connectivity index (χ2v) is 11.1. The summed E-state index contributed by atoms with van der Waals surface area (Å²) in [5, 5.41) is 0.548. The second-order valence-electron chi connectivity index (χ2n) is 10.7. The lowest BCUT2D eigenvalue weighted by Gasteiger charge is -2.28. The lowest BCUT2D eigenvalue weighted by Crippen LogP contribution is -2.39. The van der Waals surface area contributed by atoms with Gasteiger partial charge in [-0.2, -0.15) is 0 Å². The van der Waals surface area contributed by atoms with Gasteiger partial charge in [-0.15, -0.1) is 0 Å². The third-order valence-electron chi connectivity index (χ3n) is 6.78. The summed E-state index contributed by atoms with van der Waals surface area (Å²) in [7, 11) is 0. The van der Waals surface area contributed by atoms with Crippen LogP contribution in [0.3, 0.4) is 0 Å². The van der Waals surface area contributed by atoms with Crippen LogP contribution in [0, 0.1) is 11.8 Å². The third kappa shape index (κ3) is 6.71. The van der Waals surface area contributed by atoms with Gasteiger partial charge in [-0.25, -0.2) is 0 Å². The Kier molecular flexibility index (Phi) is 8.61. The van der Waals surface area contributed by atoms with Gasteiger partial charge in [-0.3, -0.25) is 9.69 Å². The van der Waals surface area contributed by atoms with Gasteiger partial charge in [0.1, 0.15) is 0 Å². The number of ether oxygens (including phenoxy) is 2. The molecule has 0 spiro atoms. The Morgan fingerprint density at radius 3 is 2.69 bits per heavy atom. The predicted octanol–water partition coefficient (Wildman–Crippen LogP) is 6.13. The Morgan fingerprint density at radius 1 is 1.11 bits per heavy atom. The van der Waals surface area contributed by atoms with Crippen LogP contribution < -0.4 is 9.47 Å². The molecule has 2 aromatic rings. The molecule has 1 atom stereocenters. The first-order valence-electron chi connectivity index (χ1n) is 13.0. The number of amides is 1. The lowest BCUT2D eigenvalue weighted by molar-refractivity contribution is -0.136. The average Bonchev–Trinajstić information content (AvgIpc) is 3.14. The van der Waals surface area contributed by atoms with Crippen molar-refractivity contribution in [2.75, 3.05) is 32.8 Å². The molecule has 2 aromatic carbocycles. The molecule has 0 aromatic heterocycles. The number of hydrogen-bond donors (Lipinski definition) is 0. The Balaban J connectivity index is 1.43. The molecule has 4 rings (SSSR count). The molecule has 190 valence electrons. The summed E-state index contributed by atoms with van der Waals surface area (Å²) in [6.07, 6.45) is 1.73. The molecule has 0 saturated carbocycles. The van der Waals surface area contributed by atoms with Gasteiger partial charge in [0.15, 0.2) is 11.5 Å². The fourth-order valence-corrected chi connectivity index (χ4v) is 5.30. The zero-order valence-corrected chi connectivity index (χ0v) is 22.3. The van der Waals surface area contributed by atoms with Crippen molar-refractivity contribution >= 4 is 17.5 Å². The van der Waals surface area contributed by atoms with Crippen LogP contribution in [0.25, 0.3) is 0 Å². The van der Waals surface area contributed by atoms with E-state index in [2.05, 4.69) is 56.9 Å². The summed E-state index contributed by atoms with van der Waals surface area (Å²) in [4.78, 5) is 18.1. The van der Waals surface area contributed by atoms with Crippen LogP contribution in [-0.2, 0) is 17.9 Å². The maximum absolute atomic E-state index is 13.7. The van der Waals surface area contributed by atoms with Gasteiger partial charge in [-0.05, 0) is 53.6 Å². The van der Waals surface area contributed by atoms with E-state index in [0.717, 1.165) is 44.6 Å². The number of hydrogen-bond acceptors (Lipinski definition) is 4. The van der Waals surface area contributed by atoms with Gasteiger partial charge in [0, 0.05) is 32.6 Å². The molecule has 0 bridgehead atoms. The maximum Gasteiger partial charge on any atom is 0.227 e. The number of benzene rings is 2. The number of carbonyl (C=O) groups is 1. The molecule has 0 N–H and O–H groups in total. The number of fused-ring (bicyclic) bond motifs is 1. The second kappa shape index (κ2) is 11.7. The number of nitrogens with zero attached hydrogens (tertiary/aromatic N) is 2. The first-order chi connectivity index (χ1) is 16.8. The molecule has 1 saturated heterocycles. The number of carbonyl (C=O) groups excluding carboxylic acids is 1. The molecule has 1 fully saturated rings. The van der Waals surface area contributed by atoms with Crippen molar-refractivity contribution in [2.45, 2.75) is 59.5 Å². The highest BCUT2D eigenvalue weighted by Gasteiger charge is 2.32. The Morgan fingerprint density at radius 2 is 1.91 bits per heavy atom. The van der Waals surface area contributed by atoms with Gasteiger partial charge >= 0.3 is 0 Å². The largest absolute Gasteiger partial charge is 0.489 e. The van der Waals surface area contributed by atoms with E-state index in [1.807, 2.05) is 17.0 Å². The van der Waals surface area contributed by atoms with Gasteiger partial charge in [0.25, 0.3) is 0 Å². The summed E-state index contributed by atoms with van der Waals surface area (Å²) >= 11 is 6.53. The minimum Gasteiger partial charge on any atom is -0.489 e. The van der Waals surface area contributed by atoms with E-state index < -0.39 is 0 Å². The van der Waals surface area contributed by atoms with E-state index in [-0.39, 0.29) is 11.8 Å². The molecule has 1 amide bonds. The van der Waals surface area contributed by atoms with Crippen LogP contribution in [0.4, 0.5) is 0 Å². The average molecular weight is 499 g/mol. The molecule has 0 aliphatic carbocycles. The number of rotatable bonds is 8. The molecule has 2 aliphatic heterocycles. The van der Waals surface area contributed by atoms with Crippen LogP contribution in [0.1, 0.15) is 63.1 Å². The summed E-state index contributed by atoms with van der Waals surface area (Å²) in [6.45, 7) is 13.9. The fraction of sp³-hybridized carbons (Fsp3) is 0.552. The van der Waals surface area contributed by atoms with Crippen LogP contribution in [0.15, 0.2) is 36.4 Å². The molecular weight excluding hydrogens is 460 g/mol. The SMILES string of the molecule is CC(C)CN(Cc1cc(Cl)c2c(c1)OCCCO2)C(=O)[C@@H]1CCN(Cc2cccc(C(C)C)c2)C1. The smallest absolute Gasteiger partial charge is 0.227 e. The van der Waals surface area contributed by atoms with Gasteiger partial charge in [0.2, 0.25) is 5.91 Å². The van der Waals surface area contributed by atoms with E-state index in [4.69, 9.17) is 21.1 Å². The molecule has 2 aliphatic rings. The normalized spacial score (nSPS) is 18.2. The van der Waals surface area contributed by atoms with Crippen molar-refractivity contribution in [3.63, 3.8) is 0 Å². The number of likely N-dealkylation sites (tertiary alicyclic amines) is 1. The molecule has 5 nitrogen and oxygen atoms in total. The molecule has 2 heterocycles. The van der Waals surface area contributed by atoms with Gasteiger partial charge in [-0.1, -0.05) is 63.6 Å². The van der Waals surface area contributed by atoms with Gasteiger partial charge in [0.05, 0.1) is 24.2 Å². The van der Waals surface area contributed by atoms with Crippen molar-refractivity contribution in [1.29, 1.82) is 0 Å². The first-order valence-corrected chi connectivity index (χ1v) is 13.4. The minimum atomic E-state index is 0.0258. The first kappa shape index (κ1) is 25.8. The molecule has 0 unspecified atom stereocenters. The Labute approximate surface area is 215 Å². The molecule has 0 radical (unpaired) electrons. The molecule has 35 heavy (non-hydrogen) atoms. The van der Waals surface area contributed by atoms with E-state index in [0.29, 0.717) is 48.1 Å². The van der Waals surface area contributed by atoms with Crippen LogP contribution in [0.2, 0.25) is 5.02 Å². The summed E-state index contributed by atoms with van der Waals surface area (Å²) in [6, 6.07) is 12.7. The van der Waals surface area contributed by atoms with Crippen molar-refractivity contribution in [1.82, 2.24) is 9.80 Å². The Bertz CT molecular complexity index is 1020. The summed E-state index contributed by atoms with van der Waals surface area (Å²) in [5.74, 6) is 2.45. The van der Waals surface area contributed by atoms with Crippen LogP contribution in [0.5, 0.6) is 11.5 Å². The van der Waals surface area contributed by atoms with E-state index in [9.17, 15) is 4.79 Å². The molecule has 6 heteroatoms. The quantitative estimate of drug-likeness (QED) is 0.439. The van der Waals surface area contributed by atoms with E-state index in [1.54, 1.807) is 0 Å². The van der Waals surface area contributed by atoms with Crippen LogP contribution >= 0.6 is 11.6 Å².